The molecular weight excluding hydrogens is 330 g/mol. The van der Waals surface area contributed by atoms with E-state index in [9.17, 15) is 0 Å². The first-order valence-electron chi connectivity index (χ1n) is 8.93. The van der Waals surface area contributed by atoms with Crippen molar-refractivity contribution in [2.75, 3.05) is 37.6 Å². The molecule has 0 spiro atoms. The normalized spacial score (nSPS) is 20.0. The van der Waals surface area contributed by atoms with Crippen LogP contribution >= 0.6 is 11.3 Å². The van der Waals surface area contributed by atoms with Crippen LogP contribution in [0.25, 0.3) is 0 Å². The number of thiazole rings is 1. The average Bonchev–Trinajstić information content (AvgIpc) is 3.22. The summed E-state index contributed by atoms with van der Waals surface area (Å²) in [6.07, 6.45) is 4.29. The highest BCUT2D eigenvalue weighted by Gasteiger charge is 2.45. The highest BCUT2D eigenvalue weighted by molar-refractivity contribution is 7.13. The van der Waals surface area contributed by atoms with E-state index in [1.54, 1.807) is 11.3 Å². The third-order valence-corrected chi connectivity index (χ3v) is 6.24. The van der Waals surface area contributed by atoms with E-state index >= 15 is 0 Å². The summed E-state index contributed by atoms with van der Waals surface area (Å²) < 4.78 is 0. The molecule has 2 fully saturated rings. The lowest BCUT2D eigenvalue weighted by atomic mass is 9.92. The predicted octanol–water partition coefficient (Wildman–Crippen LogP) is 2.62. The minimum atomic E-state index is 0.221. The number of piperazine rings is 1. The van der Waals surface area contributed by atoms with Crippen LogP contribution in [0.15, 0.2) is 40.8 Å². The Bertz CT molecular complexity index is 743. The molecule has 132 valence electrons. The van der Waals surface area contributed by atoms with Crippen molar-refractivity contribution in [3.63, 3.8) is 0 Å². The van der Waals surface area contributed by atoms with Crippen LogP contribution in [-0.4, -0.2) is 48.6 Å². The minimum absolute atomic E-state index is 0.221. The van der Waals surface area contributed by atoms with E-state index in [-0.39, 0.29) is 5.41 Å². The Hall–Kier alpha value is -2.08. The first-order chi connectivity index (χ1) is 12.2. The molecule has 4 rings (SSSR count). The summed E-state index contributed by atoms with van der Waals surface area (Å²) in [4.78, 5) is 13.7. The van der Waals surface area contributed by atoms with Crippen LogP contribution in [-0.2, 0) is 5.41 Å². The monoisotopic (exact) mass is 355 g/mol. The van der Waals surface area contributed by atoms with Gasteiger partial charge in [0.25, 0.3) is 0 Å². The number of nitrogens with zero attached hydrogens (tertiary/aromatic N) is 4. The molecule has 0 radical (unpaired) electrons. The van der Waals surface area contributed by atoms with Gasteiger partial charge in [-0.1, -0.05) is 24.3 Å². The van der Waals surface area contributed by atoms with Gasteiger partial charge >= 0.3 is 0 Å². The van der Waals surface area contributed by atoms with Crippen molar-refractivity contribution in [1.82, 2.24) is 9.88 Å². The number of benzene rings is 1. The zero-order valence-electron chi connectivity index (χ0n) is 14.7. The summed E-state index contributed by atoms with van der Waals surface area (Å²) in [6.45, 7) is 6.72. The lowest BCUT2D eigenvalue weighted by molar-refractivity contribution is 0.380. The molecule has 2 aromatic rings. The molecule has 5 nitrogen and oxygen atoms in total. The van der Waals surface area contributed by atoms with Crippen LogP contribution in [0.1, 0.15) is 24.0 Å². The number of aryl methyl sites for hydroxylation is 1. The Labute approximate surface area is 153 Å². The van der Waals surface area contributed by atoms with Gasteiger partial charge in [0.05, 0.1) is 6.54 Å². The van der Waals surface area contributed by atoms with E-state index in [0.29, 0.717) is 5.96 Å². The van der Waals surface area contributed by atoms with E-state index in [1.165, 1.54) is 24.0 Å². The van der Waals surface area contributed by atoms with Crippen LogP contribution in [0.3, 0.4) is 0 Å². The smallest absolute Gasteiger partial charge is 0.191 e. The second-order valence-electron chi connectivity index (χ2n) is 7.06. The minimum Gasteiger partial charge on any atom is -0.370 e. The SMILES string of the molecule is Cc1ccccc1C1(CN=C(N)N2CCN(c3nccs3)CC2)CC1. The fraction of sp³-hybridized carbons (Fsp3) is 0.474. The second-order valence-corrected chi connectivity index (χ2v) is 7.93. The van der Waals surface area contributed by atoms with E-state index in [4.69, 9.17) is 10.7 Å². The van der Waals surface area contributed by atoms with Crippen LogP contribution in [0.4, 0.5) is 5.13 Å². The summed E-state index contributed by atoms with van der Waals surface area (Å²) in [7, 11) is 0. The summed E-state index contributed by atoms with van der Waals surface area (Å²) in [5.41, 5.74) is 9.34. The van der Waals surface area contributed by atoms with Gasteiger partial charge in [-0.05, 0) is 30.9 Å². The summed E-state index contributed by atoms with van der Waals surface area (Å²) in [5, 5.41) is 3.13. The first-order valence-corrected chi connectivity index (χ1v) is 9.81. The van der Waals surface area contributed by atoms with E-state index in [1.807, 2.05) is 11.6 Å². The maximum Gasteiger partial charge on any atom is 0.191 e. The molecule has 1 saturated heterocycles. The molecule has 1 aliphatic carbocycles. The number of rotatable bonds is 4. The van der Waals surface area contributed by atoms with Crippen molar-refractivity contribution < 1.29 is 0 Å². The fourth-order valence-electron chi connectivity index (χ4n) is 3.66. The Morgan fingerprint density at radius 2 is 2.00 bits per heavy atom. The zero-order chi connectivity index (χ0) is 17.3. The van der Waals surface area contributed by atoms with Crippen molar-refractivity contribution in [2.24, 2.45) is 10.7 Å². The molecule has 1 aromatic heterocycles. The lowest BCUT2D eigenvalue weighted by Gasteiger charge is -2.35. The molecule has 1 aliphatic heterocycles. The number of guanidine groups is 1. The quantitative estimate of drug-likeness (QED) is 0.677. The van der Waals surface area contributed by atoms with Crippen molar-refractivity contribution in [3.8, 4) is 0 Å². The maximum absolute atomic E-state index is 6.31. The molecule has 6 heteroatoms. The summed E-state index contributed by atoms with van der Waals surface area (Å²) >= 11 is 1.69. The molecule has 0 amide bonds. The molecular formula is C19H25N5S. The maximum atomic E-state index is 6.31. The van der Waals surface area contributed by atoms with Crippen molar-refractivity contribution >= 4 is 22.4 Å². The van der Waals surface area contributed by atoms with Gasteiger partial charge in [-0.3, -0.25) is 4.99 Å². The number of hydrogen-bond donors (Lipinski definition) is 1. The largest absolute Gasteiger partial charge is 0.370 e. The molecule has 2 N–H and O–H groups in total. The third-order valence-electron chi connectivity index (χ3n) is 5.41. The van der Waals surface area contributed by atoms with Gasteiger partial charge in [0.15, 0.2) is 11.1 Å². The van der Waals surface area contributed by atoms with Crippen molar-refractivity contribution in [1.29, 1.82) is 0 Å². The number of nitrogens with two attached hydrogens (primary N) is 1. The molecule has 2 heterocycles. The predicted molar refractivity (Wildman–Crippen MR) is 104 cm³/mol. The molecule has 1 aromatic carbocycles. The van der Waals surface area contributed by atoms with Crippen LogP contribution in [0, 0.1) is 6.92 Å². The van der Waals surface area contributed by atoms with Gasteiger partial charge in [-0.25, -0.2) is 4.98 Å². The topological polar surface area (TPSA) is 57.8 Å². The van der Waals surface area contributed by atoms with Gasteiger partial charge in [-0.2, -0.15) is 0 Å². The highest BCUT2D eigenvalue weighted by Crippen LogP contribution is 2.49. The molecule has 2 aliphatic rings. The van der Waals surface area contributed by atoms with Gasteiger partial charge < -0.3 is 15.5 Å². The Kier molecular flexibility index (Phi) is 4.37. The van der Waals surface area contributed by atoms with Gasteiger partial charge in [-0.15, -0.1) is 11.3 Å². The van der Waals surface area contributed by atoms with E-state index in [2.05, 4.69) is 46.0 Å². The van der Waals surface area contributed by atoms with Crippen molar-refractivity contribution in [2.45, 2.75) is 25.2 Å². The Balaban J connectivity index is 1.37. The van der Waals surface area contributed by atoms with Gasteiger partial charge in [0, 0.05) is 43.2 Å². The zero-order valence-corrected chi connectivity index (χ0v) is 15.5. The standard InChI is InChI=1S/C19H25N5S/c1-15-4-2-3-5-16(15)19(6-7-19)14-22-17(20)23-9-11-24(12-10-23)18-21-8-13-25-18/h2-5,8,13H,6-7,9-12,14H2,1H3,(H2,20,22). The number of aromatic nitrogens is 1. The van der Waals surface area contributed by atoms with Gasteiger partial charge in [0.1, 0.15) is 0 Å². The Morgan fingerprint density at radius 1 is 1.24 bits per heavy atom. The molecule has 0 unspecified atom stereocenters. The highest BCUT2D eigenvalue weighted by atomic mass is 32.1. The summed E-state index contributed by atoms with van der Waals surface area (Å²) in [6, 6.07) is 8.68. The third kappa shape index (κ3) is 3.35. The number of hydrogen-bond acceptors (Lipinski definition) is 4. The average molecular weight is 356 g/mol. The number of aliphatic imine (C=N–C) groups is 1. The van der Waals surface area contributed by atoms with Crippen LogP contribution in [0.5, 0.6) is 0 Å². The Morgan fingerprint density at radius 3 is 2.64 bits per heavy atom. The lowest BCUT2D eigenvalue weighted by Crippen LogP contribution is -2.51. The van der Waals surface area contributed by atoms with Crippen LogP contribution in [0.2, 0.25) is 0 Å². The van der Waals surface area contributed by atoms with E-state index < -0.39 is 0 Å². The second kappa shape index (κ2) is 6.67. The van der Waals surface area contributed by atoms with Crippen LogP contribution < -0.4 is 10.6 Å². The molecule has 0 bridgehead atoms. The molecule has 25 heavy (non-hydrogen) atoms. The molecule has 1 saturated carbocycles. The van der Waals surface area contributed by atoms with E-state index in [0.717, 1.165) is 37.9 Å². The van der Waals surface area contributed by atoms with Gasteiger partial charge in [0.2, 0.25) is 0 Å². The van der Waals surface area contributed by atoms with Crippen molar-refractivity contribution in [3.05, 3.63) is 47.0 Å². The summed E-state index contributed by atoms with van der Waals surface area (Å²) in [5.74, 6) is 0.693. The fourth-order valence-corrected chi connectivity index (χ4v) is 4.36. The molecule has 0 atom stereocenters. The number of anilines is 1. The first kappa shape index (κ1) is 16.4.